The number of halogens is 1. The van der Waals surface area contributed by atoms with Crippen LogP contribution in [0, 0.1) is 11.3 Å². The van der Waals surface area contributed by atoms with Crippen LogP contribution in [-0.2, 0) is 4.79 Å². The highest BCUT2D eigenvalue weighted by molar-refractivity contribution is 6.20. The number of alkyl halides is 1. The van der Waals surface area contributed by atoms with Gasteiger partial charge in [-0.1, -0.05) is 23.7 Å². The topological polar surface area (TPSA) is 53.2 Å². The lowest BCUT2D eigenvalue weighted by molar-refractivity contribution is 0.562. The van der Waals surface area contributed by atoms with Gasteiger partial charge in [0, 0.05) is 0 Å². The van der Waals surface area contributed by atoms with Crippen LogP contribution in [-0.4, -0.2) is 6.08 Å². The molecule has 0 saturated carbocycles. The fourth-order valence-electron chi connectivity index (χ4n) is 0.837. The Labute approximate surface area is 80.3 Å². The molecule has 0 aromatic heterocycles. The SMILES string of the molecule is N#Cc1ccc([C@@H](Cl)N=C=O)cc1. The van der Waals surface area contributed by atoms with Crippen molar-refractivity contribution in [1.29, 1.82) is 5.26 Å². The smallest absolute Gasteiger partial charge is 0.211 e. The van der Waals surface area contributed by atoms with E-state index in [-0.39, 0.29) is 0 Å². The summed E-state index contributed by atoms with van der Waals surface area (Å²) in [7, 11) is 0. The van der Waals surface area contributed by atoms with Gasteiger partial charge in [0.05, 0.1) is 11.6 Å². The predicted octanol–water partition coefficient (Wildman–Crippen LogP) is 2.13. The van der Waals surface area contributed by atoms with Gasteiger partial charge in [0.25, 0.3) is 0 Å². The Morgan fingerprint density at radius 2 is 2.00 bits per heavy atom. The third-order valence-electron chi connectivity index (χ3n) is 1.48. The van der Waals surface area contributed by atoms with Crippen molar-refractivity contribution in [3.63, 3.8) is 0 Å². The first kappa shape index (κ1) is 9.47. The Morgan fingerprint density at radius 3 is 2.46 bits per heavy atom. The van der Waals surface area contributed by atoms with Crippen LogP contribution in [0.3, 0.4) is 0 Å². The van der Waals surface area contributed by atoms with E-state index in [2.05, 4.69) is 4.99 Å². The first-order chi connectivity index (χ1) is 6.27. The largest absolute Gasteiger partial charge is 0.236 e. The minimum absolute atomic E-state index is 0.544. The van der Waals surface area contributed by atoms with E-state index < -0.39 is 5.50 Å². The zero-order chi connectivity index (χ0) is 9.68. The summed E-state index contributed by atoms with van der Waals surface area (Å²) in [5, 5.41) is 8.50. The second kappa shape index (κ2) is 4.42. The second-order valence-electron chi connectivity index (χ2n) is 2.29. The normalized spacial score (nSPS) is 11.1. The van der Waals surface area contributed by atoms with Crippen molar-refractivity contribution in [2.75, 3.05) is 0 Å². The van der Waals surface area contributed by atoms with Gasteiger partial charge in [-0.25, -0.2) is 4.79 Å². The summed E-state index contributed by atoms with van der Waals surface area (Å²) in [6.07, 6.45) is 1.37. The third-order valence-corrected chi connectivity index (χ3v) is 1.83. The summed E-state index contributed by atoms with van der Waals surface area (Å²) >= 11 is 5.69. The molecule has 0 bridgehead atoms. The van der Waals surface area contributed by atoms with Crippen molar-refractivity contribution < 1.29 is 4.79 Å². The van der Waals surface area contributed by atoms with Gasteiger partial charge >= 0.3 is 0 Å². The van der Waals surface area contributed by atoms with Crippen molar-refractivity contribution >= 4 is 17.7 Å². The minimum atomic E-state index is -0.717. The third kappa shape index (κ3) is 2.41. The summed E-state index contributed by atoms with van der Waals surface area (Å²) in [6, 6.07) is 8.51. The van der Waals surface area contributed by atoms with Crippen molar-refractivity contribution in [1.82, 2.24) is 0 Å². The molecule has 0 aliphatic rings. The van der Waals surface area contributed by atoms with Gasteiger partial charge in [0.1, 0.15) is 0 Å². The molecular weight excluding hydrogens is 188 g/mol. The molecule has 1 aromatic carbocycles. The monoisotopic (exact) mass is 192 g/mol. The van der Waals surface area contributed by atoms with E-state index in [4.69, 9.17) is 16.9 Å². The van der Waals surface area contributed by atoms with Crippen LogP contribution >= 0.6 is 11.6 Å². The standard InChI is InChI=1S/C9H5ClN2O/c10-9(12-6-13)8-3-1-7(5-11)2-4-8/h1-4,9H/t9-/m0/s1. The van der Waals surface area contributed by atoms with E-state index in [1.165, 1.54) is 6.08 Å². The lowest BCUT2D eigenvalue weighted by Gasteiger charge is -2.00. The van der Waals surface area contributed by atoms with Gasteiger partial charge in [-0.2, -0.15) is 10.3 Å². The number of hydrogen-bond donors (Lipinski definition) is 0. The van der Waals surface area contributed by atoms with Crippen LogP contribution in [0.25, 0.3) is 0 Å². The van der Waals surface area contributed by atoms with E-state index in [1.807, 2.05) is 6.07 Å². The fraction of sp³-hybridized carbons (Fsp3) is 0.111. The number of nitriles is 1. The minimum Gasteiger partial charge on any atom is -0.211 e. The fourth-order valence-corrected chi connectivity index (χ4v) is 1.02. The molecule has 0 spiro atoms. The number of isocyanates is 1. The number of benzene rings is 1. The molecule has 0 aliphatic carbocycles. The molecule has 3 nitrogen and oxygen atoms in total. The van der Waals surface area contributed by atoms with E-state index in [0.29, 0.717) is 11.1 Å². The lowest BCUT2D eigenvalue weighted by Crippen LogP contribution is -1.85. The number of nitrogens with zero attached hydrogens (tertiary/aromatic N) is 2. The van der Waals surface area contributed by atoms with Gasteiger partial charge in [0.2, 0.25) is 6.08 Å². The van der Waals surface area contributed by atoms with E-state index in [9.17, 15) is 4.79 Å². The second-order valence-corrected chi connectivity index (χ2v) is 2.70. The number of carbonyl (C=O) groups excluding carboxylic acids is 1. The van der Waals surface area contributed by atoms with Crippen LogP contribution < -0.4 is 0 Å². The molecule has 4 heteroatoms. The van der Waals surface area contributed by atoms with E-state index >= 15 is 0 Å². The molecule has 0 N–H and O–H groups in total. The van der Waals surface area contributed by atoms with Crippen molar-refractivity contribution in [2.45, 2.75) is 5.50 Å². The van der Waals surface area contributed by atoms with Gasteiger partial charge in [-0.15, -0.1) is 0 Å². The molecule has 0 unspecified atom stereocenters. The van der Waals surface area contributed by atoms with Crippen LogP contribution in [0.15, 0.2) is 29.3 Å². The van der Waals surface area contributed by atoms with Gasteiger partial charge in [-0.3, -0.25) is 0 Å². The first-order valence-corrected chi connectivity index (χ1v) is 3.92. The van der Waals surface area contributed by atoms with Crippen LogP contribution in [0.1, 0.15) is 16.6 Å². The zero-order valence-electron chi connectivity index (χ0n) is 6.57. The highest BCUT2D eigenvalue weighted by Crippen LogP contribution is 2.20. The van der Waals surface area contributed by atoms with Gasteiger partial charge in [-0.05, 0) is 17.7 Å². The zero-order valence-corrected chi connectivity index (χ0v) is 7.32. The summed E-state index contributed by atoms with van der Waals surface area (Å²) in [5.41, 5.74) is 0.497. The predicted molar refractivity (Wildman–Crippen MR) is 47.9 cm³/mol. The molecule has 1 atom stereocenters. The lowest BCUT2D eigenvalue weighted by atomic mass is 10.1. The first-order valence-electron chi connectivity index (χ1n) is 3.49. The Morgan fingerprint density at radius 1 is 1.38 bits per heavy atom. The Hall–Kier alpha value is -1.62. The van der Waals surface area contributed by atoms with Gasteiger partial charge in [0.15, 0.2) is 5.50 Å². The Kier molecular flexibility index (Phi) is 3.22. The highest BCUT2D eigenvalue weighted by atomic mass is 35.5. The molecule has 0 heterocycles. The molecule has 0 amide bonds. The van der Waals surface area contributed by atoms with Crippen LogP contribution in [0.5, 0.6) is 0 Å². The molecule has 1 aromatic rings. The maximum atomic E-state index is 9.88. The van der Waals surface area contributed by atoms with E-state index in [0.717, 1.165) is 0 Å². The Bertz CT molecular complexity index is 374. The maximum absolute atomic E-state index is 9.88. The molecule has 64 valence electrons. The average Bonchev–Trinajstić information content (AvgIpc) is 2.18. The molecule has 0 fully saturated rings. The number of hydrogen-bond acceptors (Lipinski definition) is 3. The van der Waals surface area contributed by atoms with Crippen molar-refractivity contribution in [3.05, 3.63) is 35.4 Å². The maximum Gasteiger partial charge on any atom is 0.236 e. The summed E-state index contributed by atoms with van der Waals surface area (Å²) < 4.78 is 0. The molecule has 0 saturated heterocycles. The number of aliphatic imine (C=N–C) groups is 1. The molecular formula is C9H5ClN2O. The van der Waals surface area contributed by atoms with Crippen molar-refractivity contribution in [3.8, 4) is 6.07 Å². The summed E-state index contributed by atoms with van der Waals surface area (Å²) in [4.78, 5) is 13.2. The summed E-state index contributed by atoms with van der Waals surface area (Å²) in [5.74, 6) is 0. The molecule has 1 rings (SSSR count). The average molecular weight is 193 g/mol. The summed E-state index contributed by atoms with van der Waals surface area (Å²) in [6.45, 7) is 0. The van der Waals surface area contributed by atoms with Crippen LogP contribution in [0.2, 0.25) is 0 Å². The number of rotatable bonds is 2. The van der Waals surface area contributed by atoms with Gasteiger partial charge < -0.3 is 0 Å². The molecule has 0 aliphatic heterocycles. The quantitative estimate of drug-likeness (QED) is 0.312. The van der Waals surface area contributed by atoms with E-state index in [1.54, 1.807) is 24.3 Å². The van der Waals surface area contributed by atoms with Crippen molar-refractivity contribution in [2.24, 2.45) is 4.99 Å². The highest BCUT2D eigenvalue weighted by Gasteiger charge is 2.04. The molecule has 13 heavy (non-hydrogen) atoms. The van der Waals surface area contributed by atoms with Crippen LogP contribution in [0.4, 0.5) is 0 Å². The Balaban J connectivity index is 2.93. The molecule has 0 radical (unpaired) electrons.